The van der Waals surface area contributed by atoms with E-state index in [0.29, 0.717) is 23.8 Å². The van der Waals surface area contributed by atoms with Crippen LogP contribution >= 0.6 is 11.6 Å². The summed E-state index contributed by atoms with van der Waals surface area (Å²) in [5.74, 6) is 0.374. The number of carbonyl (C=O) groups excluding carboxylic acids is 1. The Morgan fingerprint density at radius 2 is 2.10 bits per heavy atom. The molecule has 6 heteroatoms. The molecule has 1 aromatic rings. The second-order valence-corrected chi connectivity index (χ2v) is 5.45. The summed E-state index contributed by atoms with van der Waals surface area (Å²) in [4.78, 5) is 11.7. The van der Waals surface area contributed by atoms with E-state index in [1.54, 1.807) is 26.2 Å². The molecular formula is C15H22ClNO4. The first-order valence-electron chi connectivity index (χ1n) is 6.80. The number of ether oxygens (including phenoxy) is 2. The average Bonchev–Trinajstić information content (AvgIpc) is 2.45. The third-order valence-corrected chi connectivity index (χ3v) is 3.25. The van der Waals surface area contributed by atoms with Crippen LogP contribution in [0.25, 0.3) is 0 Å². The van der Waals surface area contributed by atoms with Gasteiger partial charge in [0.1, 0.15) is 5.75 Å². The van der Waals surface area contributed by atoms with Crippen LogP contribution in [0.4, 0.5) is 0 Å². The molecule has 118 valence electrons. The number of methoxy groups -OCH3 is 1. The van der Waals surface area contributed by atoms with Crippen molar-refractivity contribution in [2.75, 3.05) is 26.9 Å². The van der Waals surface area contributed by atoms with Crippen molar-refractivity contribution in [2.45, 2.75) is 25.4 Å². The molecule has 5 nitrogen and oxygen atoms in total. The second-order valence-electron chi connectivity index (χ2n) is 5.05. The zero-order valence-electron chi connectivity index (χ0n) is 12.4. The predicted molar refractivity (Wildman–Crippen MR) is 81.7 cm³/mol. The van der Waals surface area contributed by atoms with Crippen LogP contribution in [0.3, 0.4) is 0 Å². The van der Waals surface area contributed by atoms with Crippen LogP contribution in [0.5, 0.6) is 5.75 Å². The molecular weight excluding hydrogens is 294 g/mol. The van der Waals surface area contributed by atoms with Crippen molar-refractivity contribution >= 4 is 17.5 Å². The van der Waals surface area contributed by atoms with Gasteiger partial charge in [-0.3, -0.25) is 4.79 Å². The zero-order valence-corrected chi connectivity index (χ0v) is 13.2. The highest BCUT2D eigenvalue weighted by Gasteiger charge is 2.20. The number of carbonyl (C=O) groups is 1. The average molecular weight is 316 g/mol. The first-order valence-corrected chi connectivity index (χ1v) is 7.18. The molecule has 0 aliphatic heterocycles. The normalized spacial score (nSPS) is 13.5. The fraction of sp³-hybridized carbons (Fsp3) is 0.533. The number of aliphatic hydroxyl groups is 1. The van der Waals surface area contributed by atoms with Gasteiger partial charge in [0.15, 0.2) is 0 Å². The minimum absolute atomic E-state index is 0.181. The summed E-state index contributed by atoms with van der Waals surface area (Å²) in [6, 6.07) is 7.10. The fourth-order valence-corrected chi connectivity index (χ4v) is 1.79. The lowest BCUT2D eigenvalue weighted by Crippen LogP contribution is -2.41. The van der Waals surface area contributed by atoms with Crippen LogP contribution in [0, 0.1) is 0 Å². The van der Waals surface area contributed by atoms with Crippen molar-refractivity contribution < 1.29 is 19.4 Å². The molecule has 0 bridgehead atoms. The van der Waals surface area contributed by atoms with Crippen molar-refractivity contribution in [2.24, 2.45) is 0 Å². The van der Waals surface area contributed by atoms with E-state index >= 15 is 0 Å². The molecule has 1 atom stereocenters. The second kappa shape index (κ2) is 8.87. The smallest absolute Gasteiger partial charge is 0.223 e. The van der Waals surface area contributed by atoms with E-state index in [2.05, 4.69) is 5.32 Å². The number of rotatable bonds is 9. The van der Waals surface area contributed by atoms with Crippen molar-refractivity contribution in [3.63, 3.8) is 0 Å². The molecule has 1 unspecified atom stereocenters. The van der Waals surface area contributed by atoms with E-state index in [9.17, 15) is 9.90 Å². The maximum absolute atomic E-state index is 11.7. The minimum Gasteiger partial charge on any atom is -0.491 e. The van der Waals surface area contributed by atoms with Crippen LogP contribution in [-0.2, 0) is 9.53 Å². The maximum Gasteiger partial charge on any atom is 0.223 e. The van der Waals surface area contributed by atoms with Crippen molar-refractivity contribution in [3.05, 3.63) is 29.3 Å². The summed E-state index contributed by atoms with van der Waals surface area (Å²) in [5.41, 5.74) is -0.977. The quantitative estimate of drug-likeness (QED) is 0.731. The Morgan fingerprint density at radius 3 is 2.76 bits per heavy atom. The van der Waals surface area contributed by atoms with Gasteiger partial charge < -0.3 is 19.9 Å². The Balaban J connectivity index is 2.24. The molecule has 0 saturated heterocycles. The lowest BCUT2D eigenvalue weighted by Gasteiger charge is -2.23. The van der Waals surface area contributed by atoms with E-state index in [1.165, 1.54) is 0 Å². The highest BCUT2D eigenvalue weighted by atomic mass is 35.5. The maximum atomic E-state index is 11.7. The zero-order chi connectivity index (χ0) is 15.7. The van der Waals surface area contributed by atoms with E-state index in [1.807, 2.05) is 12.1 Å². The van der Waals surface area contributed by atoms with Crippen LogP contribution in [0.15, 0.2) is 24.3 Å². The van der Waals surface area contributed by atoms with Crippen LogP contribution in [0.1, 0.15) is 19.8 Å². The lowest BCUT2D eigenvalue weighted by molar-refractivity contribution is -0.122. The Kier molecular flexibility index (Phi) is 7.50. The topological polar surface area (TPSA) is 67.8 Å². The third-order valence-electron chi connectivity index (χ3n) is 2.93. The molecule has 0 heterocycles. The summed E-state index contributed by atoms with van der Waals surface area (Å²) in [7, 11) is 1.57. The summed E-state index contributed by atoms with van der Waals surface area (Å²) >= 11 is 5.94. The van der Waals surface area contributed by atoms with Crippen molar-refractivity contribution in [1.29, 1.82) is 0 Å². The van der Waals surface area contributed by atoms with Gasteiger partial charge in [-0.2, -0.15) is 0 Å². The molecule has 1 amide bonds. The van der Waals surface area contributed by atoms with Gasteiger partial charge in [0, 0.05) is 26.7 Å². The lowest BCUT2D eigenvalue weighted by atomic mass is 10.0. The SMILES string of the molecule is COCCC(C)(O)CNC(=O)CCOc1ccccc1Cl. The largest absolute Gasteiger partial charge is 0.491 e. The predicted octanol–water partition coefficient (Wildman–Crippen LogP) is 2.01. The monoisotopic (exact) mass is 315 g/mol. The van der Waals surface area contributed by atoms with Crippen molar-refractivity contribution in [3.8, 4) is 5.75 Å². The molecule has 0 aliphatic rings. The number of hydrogen-bond acceptors (Lipinski definition) is 4. The molecule has 0 radical (unpaired) electrons. The van der Waals surface area contributed by atoms with Gasteiger partial charge in [-0.25, -0.2) is 0 Å². The number of halogens is 1. The Hall–Kier alpha value is -1.30. The fourth-order valence-electron chi connectivity index (χ4n) is 1.60. The van der Waals surface area contributed by atoms with Gasteiger partial charge in [0.2, 0.25) is 5.91 Å². The van der Waals surface area contributed by atoms with Crippen LogP contribution in [-0.4, -0.2) is 43.5 Å². The van der Waals surface area contributed by atoms with Gasteiger partial charge in [-0.15, -0.1) is 0 Å². The standard InChI is InChI=1S/C15H22ClNO4/c1-15(19,8-10-20-2)11-17-14(18)7-9-21-13-6-4-3-5-12(13)16/h3-6,19H,7-11H2,1-2H3,(H,17,18). The number of para-hydroxylation sites is 1. The summed E-state index contributed by atoms with van der Waals surface area (Å²) in [6.07, 6.45) is 0.658. The Morgan fingerprint density at radius 1 is 1.38 bits per heavy atom. The highest BCUT2D eigenvalue weighted by molar-refractivity contribution is 6.32. The molecule has 0 aromatic heterocycles. The summed E-state index contributed by atoms with van der Waals surface area (Å²) < 4.78 is 10.3. The molecule has 0 fully saturated rings. The van der Waals surface area contributed by atoms with E-state index in [0.717, 1.165) is 0 Å². The molecule has 2 N–H and O–H groups in total. The number of amides is 1. The highest BCUT2D eigenvalue weighted by Crippen LogP contribution is 2.23. The van der Waals surface area contributed by atoms with Gasteiger partial charge >= 0.3 is 0 Å². The molecule has 21 heavy (non-hydrogen) atoms. The van der Waals surface area contributed by atoms with Crippen molar-refractivity contribution in [1.82, 2.24) is 5.32 Å². The van der Waals surface area contributed by atoms with E-state index in [4.69, 9.17) is 21.1 Å². The third kappa shape index (κ3) is 7.32. The van der Waals surface area contributed by atoms with Gasteiger partial charge in [-0.05, 0) is 19.1 Å². The molecule has 0 spiro atoms. The molecule has 1 rings (SSSR count). The number of benzene rings is 1. The minimum atomic E-state index is -0.977. The van der Waals surface area contributed by atoms with Crippen LogP contribution in [0.2, 0.25) is 5.02 Å². The first kappa shape index (κ1) is 17.8. The van der Waals surface area contributed by atoms with E-state index in [-0.39, 0.29) is 25.5 Å². The van der Waals surface area contributed by atoms with Gasteiger partial charge in [0.25, 0.3) is 0 Å². The summed E-state index contributed by atoms with van der Waals surface area (Å²) in [5, 5.41) is 13.2. The first-order chi connectivity index (χ1) is 9.94. The van der Waals surface area contributed by atoms with Gasteiger partial charge in [0.05, 0.1) is 23.7 Å². The Bertz CT molecular complexity index is 451. The Labute approximate surface area is 130 Å². The van der Waals surface area contributed by atoms with Gasteiger partial charge in [-0.1, -0.05) is 23.7 Å². The molecule has 1 aromatic carbocycles. The molecule has 0 saturated carbocycles. The number of nitrogens with one attached hydrogen (secondary N) is 1. The molecule has 0 aliphatic carbocycles. The van der Waals surface area contributed by atoms with Crippen LogP contribution < -0.4 is 10.1 Å². The number of hydrogen-bond donors (Lipinski definition) is 2. The summed E-state index contributed by atoms with van der Waals surface area (Å²) in [6.45, 7) is 2.52. The van der Waals surface area contributed by atoms with E-state index < -0.39 is 5.60 Å².